The molecule has 150 valence electrons. The number of fused-ring (bicyclic) bond motifs is 1. The number of nitrogens with zero attached hydrogens (tertiary/aromatic N) is 4. The number of hydrogen-bond acceptors (Lipinski definition) is 9. The third-order valence-electron chi connectivity index (χ3n) is 4.39. The van der Waals surface area contributed by atoms with E-state index in [-0.39, 0.29) is 0 Å². The molecule has 0 radical (unpaired) electrons. The number of anilines is 1. The van der Waals surface area contributed by atoms with E-state index in [2.05, 4.69) is 15.3 Å². The molecule has 0 unspecified atom stereocenters. The van der Waals surface area contributed by atoms with Crippen molar-refractivity contribution in [1.82, 2.24) is 19.8 Å². The topological polar surface area (TPSA) is 106 Å². The lowest BCUT2D eigenvalue weighted by Gasteiger charge is -2.13. The Balaban J connectivity index is 1.82. The standard InChI is InChI=1S/C19H19N5O4S/c1-25-13-6-5-10(7-12(13)20)18-23-24-17(21-22-19(24)29-18)11-8-14(26-2)16(28-4)15(9-11)27-3/h5-9H,20H2,1-4H3. The maximum atomic E-state index is 6.03. The molecule has 29 heavy (non-hydrogen) atoms. The van der Waals surface area contributed by atoms with Gasteiger partial charge in [0.05, 0.1) is 34.1 Å². The van der Waals surface area contributed by atoms with Crippen LogP contribution in [-0.4, -0.2) is 48.3 Å². The zero-order valence-corrected chi connectivity index (χ0v) is 17.1. The quantitative estimate of drug-likeness (QED) is 0.481. The van der Waals surface area contributed by atoms with Gasteiger partial charge in [-0.15, -0.1) is 10.2 Å². The van der Waals surface area contributed by atoms with Crippen molar-refractivity contribution >= 4 is 22.0 Å². The fourth-order valence-corrected chi connectivity index (χ4v) is 3.83. The summed E-state index contributed by atoms with van der Waals surface area (Å²) in [6.07, 6.45) is 0. The van der Waals surface area contributed by atoms with Crippen molar-refractivity contribution < 1.29 is 18.9 Å². The number of nitrogens with two attached hydrogens (primary N) is 1. The van der Waals surface area contributed by atoms with Crippen molar-refractivity contribution in [2.24, 2.45) is 0 Å². The van der Waals surface area contributed by atoms with Crippen LogP contribution in [0.1, 0.15) is 0 Å². The minimum Gasteiger partial charge on any atom is -0.495 e. The molecule has 0 saturated carbocycles. The summed E-state index contributed by atoms with van der Waals surface area (Å²) in [6.45, 7) is 0. The van der Waals surface area contributed by atoms with E-state index in [0.717, 1.165) is 16.1 Å². The number of ether oxygens (including phenoxy) is 4. The van der Waals surface area contributed by atoms with Crippen molar-refractivity contribution in [2.75, 3.05) is 34.2 Å². The molecule has 2 aromatic heterocycles. The monoisotopic (exact) mass is 413 g/mol. The minimum absolute atomic E-state index is 0.507. The summed E-state index contributed by atoms with van der Waals surface area (Å²) in [6, 6.07) is 9.15. The van der Waals surface area contributed by atoms with E-state index in [1.807, 2.05) is 30.3 Å². The first-order chi connectivity index (χ1) is 14.1. The molecule has 0 spiro atoms. The Labute approximate surface area is 170 Å². The molecule has 0 aliphatic heterocycles. The van der Waals surface area contributed by atoms with Crippen LogP contribution in [0.4, 0.5) is 5.69 Å². The van der Waals surface area contributed by atoms with Crippen LogP contribution in [0, 0.1) is 0 Å². The second kappa shape index (κ2) is 7.47. The van der Waals surface area contributed by atoms with E-state index in [9.17, 15) is 0 Å². The summed E-state index contributed by atoms with van der Waals surface area (Å²) in [4.78, 5) is 0.651. The molecule has 0 aliphatic rings. The molecule has 10 heteroatoms. The second-order valence-corrected chi connectivity index (χ2v) is 6.95. The summed E-state index contributed by atoms with van der Waals surface area (Å²) >= 11 is 1.41. The molecule has 9 nitrogen and oxygen atoms in total. The van der Waals surface area contributed by atoms with E-state index >= 15 is 0 Å². The lowest BCUT2D eigenvalue weighted by molar-refractivity contribution is 0.324. The Morgan fingerprint density at radius 2 is 1.52 bits per heavy atom. The molecule has 0 fully saturated rings. The van der Waals surface area contributed by atoms with Crippen LogP contribution in [0.3, 0.4) is 0 Å². The Bertz CT molecular complexity index is 1160. The van der Waals surface area contributed by atoms with Gasteiger partial charge in [-0.05, 0) is 30.3 Å². The lowest BCUT2D eigenvalue weighted by atomic mass is 10.1. The van der Waals surface area contributed by atoms with Crippen LogP contribution in [0.15, 0.2) is 30.3 Å². The number of rotatable bonds is 6. The van der Waals surface area contributed by atoms with Gasteiger partial charge in [-0.1, -0.05) is 11.3 Å². The van der Waals surface area contributed by atoms with Gasteiger partial charge in [0.2, 0.25) is 10.7 Å². The Kier molecular flexibility index (Phi) is 4.85. The number of aromatic nitrogens is 4. The van der Waals surface area contributed by atoms with Crippen molar-refractivity contribution in [1.29, 1.82) is 0 Å². The first-order valence-corrected chi connectivity index (χ1v) is 9.37. The van der Waals surface area contributed by atoms with Gasteiger partial charge in [0.15, 0.2) is 17.3 Å². The third kappa shape index (κ3) is 3.17. The van der Waals surface area contributed by atoms with E-state index in [0.29, 0.717) is 39.5 Å². The molecule has 0 bridgehead atoms. The summed E-state index contributed by atoms with van der Waals surface area (Å²) in [5, 5.41) is 14.0. The zero-order chi connectivity index (χ0) is 20.5. The molecule has 0 saturated heterocycles. The van der Waals surface area contributed by atoms with Crippen LogP contribution < -0.4 is 24.7 Å². The molecule has 0 aliphatic carbocycles. The third-order valence-corrected chi connectivity index (χ3v) is 5.34. The first kappa shape index (κ1) is 18.8. The molecule has 0 atom stereocenters. The van der Waals surface area contributed by atoms with Gasteiger partial charge in [0.1, 0.15) is 10.8 Å². The van der Waals surface area contributed by atoms with Crippen molar-refractivity contribution in [3.8, 4) is 45.0 Å². The highest BCUT2D eigenvalue weighted by Crippen LogP contribution is 2.41. The minimum atomic E-state index is 0.507. The van der Waals surface area contributed by atoms with Crippen molar-refractivity contribution in [2.45, 2.75) is 0 Å². The molecule has 2 heterocycles. The Hall–Kier alpha value is -3.53. The van der Waals surface area contributed by atoms with Crippen LogP contribution >= 0.6 is 11.3 Å². The van der Waals surface area contributed by atoms with Gasteiger partial charge < -0.3 is 24.7 Å². The summed E-state index contributed by atoms with van der Waals surface area (Å²) in [5.74, 6) is 2.74. The van der Waals surface area contributed by atoms with Crippen molar-refractivity contribution in [3.05, 3.63) is 30.3 Å². The smallest absolute Gasteiger partial charge is 0.235 e. The van der Waals surface area contributed by atoms with Crippen LogP contribution in [0.25, 0.3) is 26.9 Å². The highest BCUT2D eigenvalue weighted by Gasteiger charge is 2.20. The number of nitrogen functional groups attached to an aromatic ring is 1. The maximum Gasteiger partial charge on any atom is 0.235 e. The van der Waals surface area contributed by atoms with E-state index in [4.69, 9.17) is 24.7 Å². The number of benzene rings is 2. The van der Waals surface area contributed by atoms with Gasteiger partial charge in [0.25, 0.3) is 0 Å². The normalized spacial score (nSPS) is 10.9. The predicted octanol–water partition coefficient (Wildman–Crippen LogP) is 3.14. The van der Waals surface area contributed by atoms with Gasteiger partial charge >= 0.3 is 0 Å². The average Bonchev–Trinajstić information content (AvgIpc) is 3.33. The fraction of sp³-hybridized carbons (Fsp3) is 0.211. The number of hydrogen-bond donors (Lipinski definition) is 1. The Morgan fingerprint density at radius 1 is 0.828 bits per heavy atom. The molecule has 2 N–H and O–H groups in total. The average molecular weight is 413 g/mol. The van der Waals surface area contributed by atoms with Gasteiger partial charge in [0, 0.05) is 11.1 Å². The summed E-state index contributed by atoms with van der Waals surface area (Å²) in [5.41, 5.74) is 8.18. The Morgan fingerprint density at radius 3 is 2.10 bits per heavy atom. The first-order valence-electron chi connectivity index (χ1n) is 8.56. The largest absolute Gasteiger partial charge is 0.495 e. The molecule has 0 amide bonds. The summed E-state index contributed by atoms with van der Waals surface area (Å²) in [7, 11) is 6.27. The van der Waals surface area contributed by atoms with Crippen LogP contribution in [0.2, 0.25) is 0 Å². The highest BCUT2D eigenvalue weighted by atomic mass is 32.1. The molecule has 4 rings (SSSR count). The molecule has 4 aromatic rings. The fourth-order valence-electron chi connectivity index (χ4n) is 2.99. The van der Waals surface area contributed by atoms with Crippen molar-refractivity contribution in [3.63, 3.8) is 0 Å². The number of methoxy groups -OCH3 is 4. The SMILES string of the molecule is COc1ccc(-c2nn3c(-c4cc(OC)c(OC)c(OC)c4)nnc3s2)cc1N. The van der Waals surface area contributed by atoms with E-state index in [1.165, 1.54) is 11.3 Å². The molecular formula is C19H19N5O4S. The highest BCUT2D eigenvalue weighted by molar-refractivity contribution is 7.19. The van der Waals surface area contributed by atoms with Gasteiger partial charge in [-0.25, -0.2) is 0 Å². The summed E-state index contributed by atoms with van der Waals surface area (Å²) < 4.78 is 23.1. The molecular weight excluding hydrogens is 394 g/mol. The zero-order valence-electron chi connectivity index (χ0n) is 16.3. The lowest BCUT2D eigenvalue weighted by Crippen LogP contribution is -1.97. The predicted molar refractivity (Wildman–Crippen MR) is 110 cm³/mol. The van der Waals surface area contributed by atoms with Gasteiger partial charge in [-0.2, -0.15) is 9.61 Å². The van der Waals surface area contributed by atoms with E-state index < -0.39 is 0 Å². The van der Waals surface area contributed by atoms with Crippen LogP contribution in [-0.2, 0) is 0 Å². The molecule has 2 aromatic carbocycles. The van der Waals surface area contributed by atoms with Gasteiger partial charge in [-0.3, -0.25) is 0 Å². The second-order valence-electron chi connectivity index (χ2n) is 6.00. The van der Waals surface area contributed by atoms with E-state index in [1.54, 1.807) is 33.0 Å². The maximum absolute atomic E-state index is 6.03. The van der Waals surface area contributed by atoms with Crippen LogP contribution in [0.5, 0.6) is 23.0 Å².